The lowest BCUT2D eigenvalue weighted by Crippen LogP contribution is -2.15. The third-order valence-electron chi connectivity index (χ3n) is 5.45. The number of ether oxygens (including phenoxy) is 2. The molecule has 2 aromatic heterocycles. The van der Waals surface area contributed by atoms with Gasteiger partial charge in [0.15, 0.2) is 11.5 Å². The molecule has 1 aromatic carbocycles. The van der Waals surface area contributed by atoms with Crippen LogP contribution in [-0.2, 0) is 6.42 Å². The summed E-state index contributed by atoms with van der Waals surface area (Å²) in [5, 5.41) is 0. The Morgan fingerprint density at radius 3 is 2.52 bits per heavy atom. The van der Waals surface area contributed by atoms with E-state index in [1.54, 1.807) is 17.5 Å². The minimum atomic E-state index is -0.624. The van der Waals surface area contributed by atoms with Crippen LogP contribution in [0.1, 0.15) is 50.3 Å². The highest BCUT2D eigenvalue weighted by molar-refractivity contribution is 7.16. The Morgan fingerprint density at radius 1 is 0.935 bits per heavy atom. The summed E-state index contributed by atoms with van der Waals surface area (Å²) in [6.07, 6.45) is 10.1. The summed E-state index contributed by atoms with van der Waals surface area (Å²) >= 11 is 1.68. The number of hydrogen-bond acceptors (Lipinski definition) is 4. The Morgan fingerprint density at radius 2 is 1.71 bits per heavy atom. The van der Waals surface area contributed by atoms with Gasteiger partial charge in [0.2, 0.25) is 0 Å². The monoisotopic (exact) mass is 443 g/mol. The van der Waals surface area contributed by atoms with Crippen LogP contribution in [0.3, 0.4) is 0 Å². The van der Waals surface area contributed by atoms with E-state index >= 15 is 0 Å². The van der Waals surface area contributed by atoms with Crippen molar-refractivity contribution < 1.29 is 18.3 Å². The van der Waals surface area contributed by atoms with E-state index in [9.17, 15) is 8.78 Å². The third kappa shape index (κ3) is 5.06. The molecule has 164 valence electrons. The van der Waals surface area contributed by atoms with Gasteiger partial charge in [-0.2, -0.15) is 0 Å². The fourth-order valence-corrected chi connectivity index (χ4v) is 5.07. The van der Waals surface area contributed by atoms with Crippen LogP contribution < -0.4 is 9.47 Å². The Balaban J connectivity index is 1.59. The van der Waals surface area contributed by atoms with Gasteiger partial charge in [0.1, 0.15) is 24.8 Å². The fourth-order valence-electron chi connectivity index (χ4n) is 3.85. The summed E-state index contributed by atoms with van der Waals surface area (Å²) < 4.78 is 39.5. The molecule has 0 N–H and O–H groups in total. The van der Waals surface area contributed by atoms with Gasteiger partial charge in [-0.25, -0.2) is 8.78 Å². The minimum Gasteiger partial charge on any atom is -0.485 e. The molecule has 0 aliphatic carbocycles. The van der Waals surface area contributed by atoms with E-state index in [1.165, 1.54) is 49.1 Å². The zero-order valence-electron chi connectivity index (χ0n) is 17.8. The standard InChI is InChI=1S/C25H27F2NO2S/c1-2-3-4-5-6-7-8-22-23-24(30-14-13-29-23)25(31-22)17-11-12-28-21(15-17)19-10-9-18(26)16-20(19)27/h9-12,15-16H,2-8,13-14H2,1H3. The quantitative estimate of drug-likeness (QED) is 0.322. The molecule has 31 heavy (non-hydrogen) atoms. The third-order valence-corrected chi connectivity index (χ3v) is 6.71. The van der Waals surface area contributed by atoms with Crippen LogP contribution in [0.5, 0.6) is 11.5 Å². The first-order valence-electron chi connectivity index (χ1n) is 11.0. The molecule has 1 aliphatic heterocycles. The van der Waals surface area contributed by atoms with Gasteiger partial charge in [-0.1, -0.05) is 39.0 Å². The highest BCUT2D eigenvalue weighted by atomic mass is 32.1. The molecule has 0 amide bonds. The van der Waals surface area contributed by atoms with Crippen molar-refractivity contribution in [1.82, 2.24) is 4.98 Å². The molecule has 6 heteroatoms. The summed E-state index contributed by atoms with van der Waals surface area (Å²) in [5.41, 5.74) is 1.64. The summed E-state index contributed by atoms with van der Waals surface area (Å²) in [7, 11) is 0. The molecule has 0 saturated heterocycles. The summed E-state index contributed by atoms with van der Waals surface area (Å²) in [6, 6.07) is 7.27. The zero-order valence-corrected chi connectivity index (χ0v) is 18.6. The fraction of sp³-hybridized carbons (Fsp3) is 0.400. The maximum Gasteiger partial charge on any atom is 0.180 e. The van der Waals surface area contributed by atoms with Crippen LogP contribution in [0.15, 0.2) is 36.5 Å². The average Bonchev–Trinajstić information content (AvgIpc) is 3.15. The van der Waals surface area contributed by atoms with Crippen molar-refractivity contribution in [3.05, 3.63) is 53.0 Å². The number of nitrogens with zero attached hydrogens (tertiary/aromatic N) is 1. The zero-order chi connectivity index (χ0) is 21.6. The maximum absolute atomic E-state index is 14.3. The van der Waals surface area contributed by atoms with E-state index in [0.29, 0.717) is 18.9 Å². The molecule has 0 atom stereocenters. The van der Waals surface area contributed by atoms with Gasteiger partial charge in [0.05, 0.1) is 15.4 Å². The largest absolute Gasteiger partial charge is 0.485 e. The van der Waals surface area contributed by atoms with E-state index < -0.39 is 11.6 Å². The normalized spacial score (nSPS) is 12.9. The maximum atomic E-state index is 14.3. The molecular formula is C25H27F2NO2S. The van der Waals surface area contributed by atoms with Crippen molar-refractivity contribution in [1.29, 1.82) is 0 Å². The highest BCUT2D eigenvalue weighted by Crippen LogP contribution is 2.50. The van der Waals surface area contributed by atoms with E-state index in [0.717, 1.165) is 40.8 Å². The van der Waals surface area contributed by atoms with Crippen LogP contribution in [0, 0.1) is 11.6 Å². The number of unbranched alkanes of at least 4 members (excludes halogenated alkanes) is 5. The van der Waals surface area contributed by atoms with Crippen molar-refractivity contribution in [3.8, 4) is 33.2 Å². The Labute approximate surface area is 186 Å². The molecule has 3 heterocycles. The second-order valence-corrected chi connectivity index (χ2v) is 8.89. The number of halogens is 2. The van der Waals surface area contributed by atoms with Gasteiger partial charge < -0.3 is 9.47 Å². The molecule has 0 fully saturated rings. The lowest BCUT2D eigenvalue weighted by molar-refractivity contribution is 0.172. The number of aryl methyl sites for hydroxylation is 1. The molecule has 4 rings (SSSR count). The molecular weight excluding hydrogens is 416 g/mol. The van der Waals surface area contributed by atoms with Gasteiger partial charge in [-0.05, 0) is 42.7 Å². The predicted octanol–water partition coefficient (Wildman–Crippen LogP) is 7.43. The number of aromatic nitrogens is 1. The van der Waals surface area contributed by atoms with Gasteiger partial charge in [0.25, 0.3) is 0 Å². The second-order valence-electron chi connectivity index (χ2n) is 7.78. The molecule has 0 bridgehead atoms. The minimum absolute atomic E-state index is 0.276. The van der Waals surface area contributed by atoms with Gasteiger partial charge in [-0.3, -0.25) is 4.98 Å². The Bertz CT molecular complexity index is 1030. The van der Waals surface area contributed by atoms with Crippen LogP contribution in [0.2, 0.25) is 0 Å². The van der Waals surface area contributed by atoms with Crippen molar-refractivity contribution >= 4 is 11.3 Å². The van der Waals surface area contributed by atoms with Crippen molar-refractivity contribution in [3.63, 3.8) is 0 Å². The van der Waals surface area contributed by atoms with Gasteiger partial charge >= 0.3 is 0 Å². The Hall–Kier alpha value is -2.47. The average molecular weight is 444 g/mol. The first-order chi connectivity index (χ1) is 15.2. The number of hydrogen-bond donors (Lipinski definition) is 0. The molecule has 0 spiro atoms. The predicted molar refractivity (Wildman–Crippen MR) is 121 cm³/mol. The number of rotatable bonds is 9. The van der Waals surface area contributed by atoms with Gasteiger partial charge in [-0.15, -0.1) is 11.3 Å². The van der Waals surface area contributed by atoms with Crippen molar-refractivity contribution in [2.75, 3.05) is 13.2 Å². The van der Waals surface area contributed by atoms with E-state index in [2.05, 4.69) is 11.9 Å². The van der Waals surface area contributed by atoms with E-state index in [-0.39, 0.29) is 5.56 Å². The van der Waals surface area contributed by atoms with Crippen LogP contribution in [-0.4, -0.2) is 18.2 Å². The molecule has 3 nitrogen and oxygen atoms in total. The second kappa shape index (κ2) is 10.2. The summed E-state index contributed by atoms with van der Waals surface area (Å²) in [4.78, 5) is 6.47. The van der Waals surface area contributed by atoms with Crippen molar-refractivity contribution in [2.45, 2.75) is 51.9 Å². The summed E-state index contributed by atoms with van der Waals surface area (Å²) in [6.45, 7) is 3.29. The van der Waals surface area contributed by atoms with Crippen LogP contribution in [0.4, 0.5) is 8.78 Å². The lowest BCUT2D eigenvalue weighted by atomic mass is 10.1. The van der Waals surface area contributed by atoms with E-state index in [1.807, 2.05) is 12.1 Å². The Kier molecular flexibility index (Phi) is 7.17. The van der Waals surface area contributed by atoms with E-state index in [4.69, 9.17) is 9.47 Å². The first kappa shape index (κ1) is 21.8. The molecule has 3 aromatic rings. The van der Waals surface area contributed by atoms with Crippen LogP contribution in [0.25, 0.3) is 21.7 Å². The summed E-state index contributed by atoms with van der Waals surface area (Å²) in [5.74, 6) is 0.399. The van der Waals surface area contributed by atoms with Crippen LogP contribution >= 0.6 is 11.3 Å². The molecule has 0 radical (unpaired) electrons. The molecule has 1 aliphatic rings. The highest BCUT2D eigenvalue weighted by Gasteiger charge is 2.25. The molecule has 0 unspecified atom stereocenters. The number of pyridine rings is 1. The number of thiophene rings is 1. The first-order valence-corrected chi connectivity index (χ1v) is 11.8. The number of benzene rings is 1. The number of fused-ring (bicyclic) bond motifs is 1. The van der Waals surface area contributed by atoms with Gasteiger partial charge in [0, 0.05) is 17.8 Å². The SMILES string of the molecule is CCCCCCCCc1sc(-c2ccnc(-c3ccc(F)cc3F)c2)c2c1OCCO2. The van der Waals surface area contributed by atoms with Crippen molar-refractivity contribution in [2.24, 2.45) is 0 Å². The molecule has 0 saturated carbocycles. The topological polar surface area (TPSA) is 31.4 Å². The lowest BCUT2D eigenvalue weighted by Gasteiger charge is -2.17. The smallest absolute Gasteiger partial charge is 0.180 e.